The Morgan fingerprint density at radius 3 is 2.44 bits per heavy atom. The monoisotopic (exact) mass is 462 g/mol. The van der Waals surface area contributed by atoms with Crippen LogP contribution < -0.4 is 4.90 Å². The number of likely N-dealkylation sites (tertiary alicyclic amines) is 1. The summed E-state index contributed by atoms with van der Waals surface area (Å²) >= 11 is 0. The highest BCUT2D eigenvalue weighted by atomic mass is 16.5. The zero-order valence-corrected chi connectivity index (χ0v) is 20.6. The van der Waals surface area contributed by atoms with E-state index < -0.39 is 0 Å². The summed E-state index contributed by atoms with van der Waals surface area (Å²) in [5.41, 5.74) is 4.93. The van der Waals surface area contributed by atoms with Gasteiger partial charge in [-0.15, -0.1) is 0 Å². The molecule has 1 aromatic heterocycles. The molecule has 7 heteroatoms. The van der Waals surface area contributed by atoms with Gasteiger partial charge in [-0.1, -0.05) is 44.2 Å². The Hall–Kier alpha value is -3.19. The first-order chi connectivity index (χ1) is 16.5. The number of nitrogens with zero attached hydrogens (tertiary/aromatic N) is 4. The molecule has 0 N–H and O–H groups in total. The van der Waals surface area contributed by atoms with E-state index in [0.29, 0.717) is 0 Å². The number of carbonyl (C=O) groups excluding carboxylic acids is 2. The molecule has 4 rings (SSSR count). The Labute approximate surface area is 201 Å². The number of anilines is 1. The van der Waals surface area contributed by atoms with Crippen molar-refractivity contribution in [2.75, 3.05) is 25.3 Å². The number of amides is 2. The van der Waals surface area contributed by atoms with Gasteiger partial charge in [-0.3, -0.25) is 14.5 Å². The van der Waals surface area contributed by atoms with Crippen molar-refractivity contribution in [3.05, 3.63) is 59.4 Å². The van der Waals surface area contributed by atoms with Crippen molar-refractivity contribution in [3.8, 4) is 0 Å². The maximum absolute atomic E-state index is 13.9. The van der Waals surface area contributed by atoms with Gasteiger partial charge < -0.3 is 14.2 Å². The fourth-order valence-corrected chi connectivity index (χ4v) is 5.10. The van der Waals surface area contributed by atoms with E-state index in [1.54, 1.807) is 18.9 Å². The molecule has 2 heterocycles. The van der Waals surface area contributed by atoms with E-state index in [2.05, 4.69) is 32.0 Å². The minimum absolute atomic E-state index is 0.0397. The Kier molecular flexibility index (Phi) is 7.32. The molecule has 3 aromatic rings. The molecule has 180 valence electrons. The van der Waals surface area contributed by atoms with Crippen LogP contribution in [0.25, 0.3) is 11.0 Å². The first-order valence-corrected chi connectivity index (χ1v) is 12.1. The molecule has 1 saturated heterocycles. The normalized spacial score (nSPS) is 15.8. The number of fused-ring (bicyclic) bond motifs is 1. The van der Waals surface area contributed by atoms with Gasteiger partial charge in [0.25, 0.3) is 0 Å². The Balaban J connectivity index is 1.77. The summed E-state index contributed by atoms with van der Waals surface area (Å²) in [7, 11) is 1.61. The smallest absolute Gasteiger partial charge is 0.248 e. The van der Waals surface area contributed by atoms with Gasteiger partial charge in [0, 0.05) is 20.6 Å². The average molecular weight is 463 g/mol. The second kappa shape index (κ2) is 10.4. The standard InChI is InChI=1S/C27H34N4O3/c1-5-20-11-9-12-21(6-2)26(20)31(18-34-4)25(33)17-30-23-14-8-7-13-22(23)28-27(30)24-15-10-16-29(24)19(3)32/h7-9,11-14,24H,5-6,10,15-18H2,1-4H3/t24-/m0/s1. The van der Waals surface area contributed by atoms with Crippen molar-refractivity contribution in [1.29, 1.82) is 0 Å². The summed E-state index contributed by atoms with van der Waals surface area (Å²) in [5, 5.41) is 0. The molecule has 2 aromatic carbocycles. The van der Waals surface area contributed by atoms with E-state index in [9.17, 15) is 9.59 Å². The van der Waals surface area contributed by atoms with Gasteiger partial charge in [0.05, 0.1) is 22.8 Å². The third-order valence-electron chi connectivity index (χ3n) is 6.73. The molecule has 0 unspecified atom stereocenters. The van der Waals surface area contributed by atoms with Crippen molar-refractivity contribution in [2.45, 2.75) is 59.0 Å². The molecule has 0 bridgehead atoms. The van der Waals surface area contributed by atoms with Crippen LogP contribution in [0.2, 0.25) is 0 Å². The van der Waals surface area contributed by atoms with E-state index in [0.717, 1.165) is 65.9 Å². The molecule has 0 aliphatic carbocycles. The molecule has 1 aliphatic rings. The predicted molar refractivity (Wildman–Crippen MR) is 134 cm³/mol. The Morgan fingerprint density at radius 2 is 1.79 bits per heavy atom. The number of para-hydroxylation sites is 3. The van der Waals surface area contributed by atoms with Gasteiger partial charge in [-0.05, 0) is 48.9 Å². The highest BCUT2D eigenvalue weighted by Crippen LogP contribution is 2.34. The molecule has 0 radical (unpaired) electrons. The summed E-state index contributed by atoms with van der Waals surface area (Å²) in [5.74, 6) is 0.756. The van der Waals surface area contributed by atoms with Crippen LogP contribution in [0.1, 0.15) is 56.6 Å². The van der Waals surface area contributed by atoms with Gasteiger partial charge in [0.1, 0.15) is 19.1 Å². The number of benzene rings is 2. The van der Waals surface area contributed by atoms with Gasteiger partial charge in [0.2, 0.25) is 11.8 Å². The molecule has 0 spiro atoms. The van der Waals surface area contributed by atoms with Crippen LogP contribution in [0.15, 0.2) is 42.5 Å². The minimum atomic E-state index is -0.122. The number of ether oxygens (including phenoxy) is 1. The molecular weight excluding hydrogens is 428 g/mol. The molecule has 0 saturated carbocycles. The third-order valence-corrected chi connectivity index (χ3v) is 6.73. The van der Waals surface area contributed by atoms with Crippen LogP contribution in [-0.2, 0) is 33.7 Å². The fourth-order valence-electron chi connectivity index (χ4n) is 5.10. The molecular formula is C27H34N4O3. The first-order valence-electron chi connectivity index (χ1n) is 12.1. The fraction of sp³-hybridized carbons (Fsp3) is 0.444. The van der Waals surface area contributed by atoms with Crippen molar-refractivity contribution in [3.63, 3.8) is 0 Å². The van der Waals surface area contributed by atoms with E-state index >= 15 is 0 Å². The summed E-state index contributed by atoms with van der Waals surface area (Å²) in [6.45, 7) is 6.83. The number of methoxy groups -OCH3 is 1. The third kappa shape index (κ3) is 4.44. The van der Waals surface area contributed by atoms with Gasteiger partial charge >= 0.3 is 0 Å². The lowest BCUT2D eigenvalue weighted by Gasteiger charge is -2.28. The quantitative estimate of drug-likeness (QED) is 0.463. The zero-order chi connectivity index (χ0) is 24.2. The van der Waals surface area contributed by atoms with Crippen LogP contribution in [-0.4, -0.2) is 46.7 Å². The van der Waals surface area contributed by atoms with Crippen LogP contribution >= 0.6 is 0 Å². The largest absolute Gasteiger partial charge is 0.364 e. The van der Waals surface area contributed by atoms with Crippen LogP contribution in [0.3, 0.4) is 0 Å². The van der Waals surface area contributed by atoms with E-state index in [1.807, 2.05) is 33.7 Å². The highest BCUT2D eigenvalue weighted by molar-refractivity contribution is 5.95. The van der Waals surface area contributed by atoms with Gasteiger partial charge in [0.15, 0.2) is 0 Å². The van der Waals surface area contributed by atoms with E-state index in [1.165, 1.54) is 0 Å². The van der Waals surface area contributed by atoms with Crippen LogP contribution in [0.4, 0.5) is 5.69 Å². The number of aromatic nitrogens is 2. The molecule has 34 heavy (non-hydrogen) atoms. The Morgan fingerprint density at radius 1 is 1.09 bits per heavy atom. The number of hydrogen-bond donors (Lipinski definition) is 0. The van der Waals surface area contributed by atoms with Crippen LogP contribution in [0, 0.1) is 0 Å². The van der Waals surface area contributed by atoms with Crippen molar-refractivity contribution in [2.24, 2.45) is 0 Å². The van der Waals surface area contributed by atoms with Crippen molar-refractivity contribution < 1.29 is 14.3 Å². The zero-order valence-electron chi connectivity index (χ0n) is 20.6. The van der Waals surface area contributed by atoms with Crippen molar-refractivity contribution >= 4 is 28.5 Å². The van der Waals surface area contributed by atoms with E-state index in [4.69, 9.17) is 9.72 Å². The topological polar surface area (TPSA) is 67.7 Å². The number of carbonyl (C=O) groups is 2. The highest BCUT2D eigenvalue weighted by Gasteiger charge is 2.33. The van der Waals surface area contributed by atoms with Gasteiger partial charge in [-0.25, -0.2) is 4.98 Å². The second-order valence-corrected chi connectivity index (χ2v) is 8.79. The number of rotatable bonds is 8. The summed E-state index contributed by atoms with van der Waals surface area (Å²) in [4.78, 5) is 34.7. The predicted octanol–water partition coefficient (Wildman–Crippen LogP) is 4.48. The van der Waals surface area contributed by atoms with Crippen LogP contribution in [0.5, 0.6) is 0 Å². The summed E-state index contributed by atoms with van der Waals surface area (Å²) < 4.78 is 7.48. The maximum atomic E-state index is 13.9. The minimum Gasteiger partial charge on any atom is -0.364 e. The summed E-state index contributed by atoms with van der Waals surface area (Å²) in [6.07, 6.45) is 3.43. The lowest BCUT2D eigenvalue weighted by Crippen LogP contribution is -2.38. The average Bonchev–Trinajstić information content (AvgIpc) is 3.47. The SMILES string of the molecule is CCc1cccc(CC)c1N(COC)C(=O)Cn1c([C@@H]2CCCN2C(C)=O)nc2ccccc21. The maximum Gasteiger partial charge on any atom is 0.248 e. The van der Waals surface area contributed by atoms with E-state index in [-0.39, 0.29) is 31.1 Å². The summed E-state index contributed by atoms with van der Waals surface area (Å²) in [6, 6.07) is 13.9. The second-order valence-electron chi connectivity index (χ2n) is 8.79. The number of imidazole rings is 1. The molecule has 7 nitrogen and oxygen atoms in total. The van der Waals surface area contributed by atoms with Gasteiger partial charge in [-0.2, -0.15) is 0 Å². The lowest BCUT2D eigenvalue weighted by atomic mass is 10.0. The molecule has 2 amide bonds. The Bertz CT molecular complexity index is 1160. The molecule has 1 fully saturated rings. The number of hydrogen-bond acceptors (Lipinski definition) is 4. The molecule has 1 aliphatic heterocycles. The van der Waals surface area contributed by atoms with Crippen molar-refractivity contribution in [1.82, 2.24) is 14.5 Å². The first kappa shape index (κ1) is 24.0. The number of aryl methyl sites for hydroxylation is 2. The molecule has 1 atom stereocenters. The lowest BCUT2D eigenvalue weighted by molar-refractivity contribution is -0.129.